The van der Waals surface area contributed by atoms with Gasteiger partial charge in [-0.05, 0) is 25.2 Å². The molecule has 3 N–H and O–H groups in total. The lowest BCUT2D eigenvalue weighted by molar-refractivity contribution is 0.466. The topological polar surface area (TPSA) is 110 Å². The maximum Gasteiger partial charge on any atom is 0.242 e. The lowest BCUT2D eigenvalue weighted by atomic mass is 10.4. The van der Waals surface area contributed by atoms with E-state index in [2.05, 4.69) is 5.32 Å². The number of nitrogens with two attached hydrogens (primary N) is 1. The molecule has 116 valence electrons. The molecule has 0 saturated carbocycles. The number of rotatable bonds is 6. The van der Waals surface area contributed by atoms with Crippen molar-refractivity contribution in [3.05, 3.63) is 24.3 Å². The predicted molar refractivity (Wildman–Crippen MR) is 78.8 cm³/mol. The Labute approximate surface area is 125 Å². The van der Waals surface area contributed by atoms with Gasteiger partial charge in [-0.1, -0.05) is 6.07 Å². The average molecular weight is 344 g/mol. The van der Waals surface area contributed by atoms with Gasteiger partial charge in [-0.25, -0.2) is 22.0 Å². The zero-order chi connectivity index (χ0) is 14.7. The fraction of sp³-hybridized carbons (Fsp3) is 0.400. The van der Waals surface area contributed by atoms with Crippen LogP contribution in [0.3, 0.4) is 0 Å². The zero-order valence-corrected chi connectivity index (χ0v) is 13.6. The highest BCUT2D eigenvalue weighted by molar-refractivity contribution is 7.90. The summed E-state index contributed by atoms with van der Waals surface area (Å²) in [7, 11) is -4.51. The van der Waals surface area contributed by atoms with Crippen LogP contribution in [0.1, 0.15) is 0 Å². The predicted octanol–water partition coefficient (Wildman–Crippen LogP) is -0.404. The molecule has 0 aromatic heterocycles. The van der Waals surface area contributed by atoms with Crippen LogP contribution in [-0.2, 0) is 20.0 Å². The van der Waals surface area contributed by atoms with E-state index in [0.717, 1.165) is 10.4 Å². The normalized spacial score (nSPS) is 12.2. The summed E-state index contributed by atoms with van der Waals surface area (Å²) in [5, 5.41) is 7.81. The van der Waals surface area contributed by atoms with E-state index < -0.39 is 20.0 Å². The van der Waals surface area contributed by atoms with E-state index in [1.807, 2.05) is 0 Å². The Morgan fingerprint density at radius 1 is 1.20 bits per heavy atom. The molecule has 0 aliphatic heterocycles. The number of hydrogen-bond acceptors (Lipinski definition) is 5. The monoisotopic (exact) mass is 343 g/mol. The van der Waals surface area contributed by atoms with E-state index in [-0.39, 0.29) is 28.7 Å². The molecule has 0 radical (unpaired) electrons. The van der Waals surface area contributed by atoms with E-state index in [1.54, 1.807) is 7.05 Å². The Morgan fingerprint density at radius 2 is 1.75 bits per heavy atom. The summed E-state index contributed by atoms with van der Waals surface area (Å²) in [5.74, 6) is 0. The Bertz CT molecular complexity index is 646. The Morgan fingerprint density at radius 3 is 2.25 bits per heavy atom. The Hall–Kier alpha value is -0.710. The van der Waals surface area contributed by atoms with Gasteiger partial charge in [-0.3, -0.25) is 0 Å². The van der Waals surface area contributed by atoms with Gasteiger partial charge in [0.05, 0.1) is 9.79 Å². The molecule has 1 aromatic carbocycles. The van der Waals surface area contributed by atoms with Crippen LogP contribution >= 0.6 is 12.4 Å². The minimum Gasteiger partial charge on any atom is -0.318 e. The summed E-state index contributed by atoms with van der Waals surface area (Å²) in [6, 6.07) is 4.99. The van der Waals surface area contributed by atoms with Gasteiger partial charge in [0.25, 0.3) is 0 Å². The van der Waals surface area contributed by atoms with Crippen molar-refractivity contribution in [1.29, 1.82) is 0 Å². The van der Waals surface area contributed by atoms with Crippen molar-refractivity contribution in [3.8, 4) is 0 Å². The standard InChI is InChI=1S/C10H17N3O4S2.ClH/c1-12-6-7-13(2)19(16,17)10-5-3-4-9(8-10)18(11,14)15;/h3-5,8,12H,6-7H2,1-2H3,(H2,11,14,15);1H. The summed E-state index contributed by atoms with van der Waals surface area (Å²) in [5.41, 5.74) is 0. The molecule has 0 amide bonds. The fourth-order valence-corrected chi connectivity index (χ4v) is 3.23. The lowest BCUT2D eigenvalue weighted by Gasteiger charge is -2.17. The second-order valence-corrected chi connectivity index (χ2v) is 7.56. The van der Waals surface area contributed by atoms with Gasteiger partial charge >= 0.3 is 0 Å². The molecule has 20 heavy (non-hydrogen) atoms. The summed E-state index contributed by atoms with van der Waals surface area (Å²) in [6.07, 6.45) is 0. The minimum absolute atomic E-state index is 0. The van der Waals surface area contributed by atoms with Gasteiger partial charge in [0.1, 0.15) is 0 Å². The maximum atomic E-state index is 12.2. The third kappa shape index (κ3) is 4.69. The molecule has 0 aliphatic rings. The van der Waals surface area contributed by atoms with Crippen LogP contribution < -0.4 is 10.5 Å². The number of nitrogens with zero attached hydrogens (tertiary/aromatic N) is 1. The highest BCUT2D eigenvalue weighted by atomic mass is 35.5. The van der Waals surface area contributed by atoms with Gasteiger partial charge < -0.3 is 5.32 Å². The van der Waals surface area contributed by atoms with Crippen LogP contribution in [0.5, 0.6) is 0 Å². The van der Waals surface area contributed by atoms with Gasteiger partial charge in [0.15, 0.2) is 0 Å². The van der Waals surface area contributed by atoms with Gasteiger partial charge in [-0.15, -0.1) is 12.4 Å². The summed E-state index contributed by atoms with van der Waals surface area (Å²) in [4.78, 5) is -0.326. The van der Waals surface area contributed by atoms with Crippen LogP contribution in [0.2, 0.25) is 0 Å². The van der Waals surface area contributed by atoms with Crippen molar-refractivity contribution in [1.82, 2.24) is 9.62 Å². The lowest BCUT2D eigenvalue weighted by Crippen LogP contribution is -2.33. The van der Waals surface area contributed by atoms with Crippen molar-refractivity contribution in [2.24, 2.45) is 5.14 Å². The van der Waals surface area contributed by atoms with E-state index in [9.17, 15) is 16.8 Å². The zero-order valence-electron chi connectivity index (χ0n) is 11.1. The number of nitrogens with one attached hydrogen (secondary N) is 1. The molecule has 1 rings (SSSR count). The first-order valence-corrected chi connectivity index (χ1v) is 8.42. The second-order valence-electron chi connectivity index (χ2n) is 3.95. The molecule has 0 heterocycles. The number of benzene rings is 1. The quantitative estimate of drug-likeness (QED) is 0.730. The second kappa shape index (κ2) is 7.34. The number of sulfonamides is 2. The van der Waals surface area contributed by atoms with Crippen LogP contribution in [-0.4, -0.2) is 48.3 Å². The fourth-order valence-electron chi connectivity index (χ4n) is 1.38. The number of primary sulfonamides is 1. The molecule has 0 atom stereocenters. The molecular formula is C10H18ClN3O4S2. The van der Waals surface area contributed by atoms with Crippen molar-refractivity contribution < 1.29 is 16.8 Å². The summed E-state index contributed by atoms with van der Waals surface area (Å²) < 4.78 is 47.9. The van der Waals surface area contributed by atoms with Gasteiger partial charge in [0.2, 0.25) is 20.0 Å². The summed E-state index contributed by atoms with van der Waals surface area (Å²) >= 11 is 0. The molecule has 0 aliphatic carbocycles. The highest BCUT2D eigenvalue weighted by Gasteiger charge is 2.21. The third-order valence-corrected chi connectivity index (χ3v) is 5.28. The SMILES string of the molecule is CNCCN(C)S(=O)(=O)c1cccc(S(N)(=O)=O)c1.Cl. The van der Waals surface area contributed by atoms with Crippen LogP contribution in [0, 0.1) is 0 Å². The minimum atomic E-state index is -3.92. The van der Waals surface area contributed by atoms with Crippen molar-refractivity contribution in [2.45, 2.75) is 9.79 Å². The first-order valence-electron chi connectivity index (χ1n) is 5.43. The molecular weight excluding hydrogens is 326 g/mol. The molecule has 7 nitrogen and oxygen atoms in total. The molecule has 0 saturated heterocycles. The van der Waals surface area contributed by atoms with Crippen molar-refractivity contribution in [2.75, 3.05) is 27.2 Å². The molecule has 0 spiro atoms. The van der Waals surface area contributed by atoms with Gasteiger partial charge in [-0.2, -0.15) is 4.31 Å². The molecule has 0 fully saturated rings. The third-order valence-electron chi connectivity index (χ3n) is 2.52. The van der Waals surface area contributed by atoms with E-state index in [0.29, 0.717) is 6.54 Å². The van der Waals surface area contributed by atoms with Crippen LogP contribution in [0.25, 0.3) is 0 Å². The number of likely N-dealkylation sites (N-methyl/N-ethyl adjacent to an activating group) is 2. The average Bonchev–Trinajstić information content (AvgIpc) is 2.35. The van der Waals surface area contributed by atoms with E-state index in [4.69, 9.17) is 5.14 Å². The largest absolute Gasteiger partial charge is 0.318 e. The molecule has 10 heteroatoms. The maximum absolute atomic E-state index is 12.2. The van der Waals surface area contributed by atoms with E-state index >= 15 is 0 Å². The van der Waals surface area contributed by atoms with Crippen molar-refractivity contribution in [3.63, 3.8) is 0 Å². The van der Waals surface area contributed by atoms with E-state index in [1.165, 1.54) is 25.2 Å². The van der Waals surface area contributed by atoms with Gasteiger partial charge in [0, 0.05) is 20.1 Å². The highest BCUT2D eigenvalue weighted by Crippen LogP contribution is 2.17. The van der Waals surface area contributed by atoms with Crippen molar-refractivity contribution >= 4 is 32.5 Å². The first kappa shape index (κ1) is 19.3. The Balaban J connectivity index is 0.00000361. The molecule has 0 unspecified atom stereocenters. The molecule has 0 bridgehead atoms. The summed E-state index contributed by atoms with van der Waals surface area (Å²) in [6.45, 7) is 0.767. The smallest absolute Gasteiger partial charge is 0.242 e. The number of hydrogen-bond donors (Lipinski definition) is 2. The number of halogens is 1. The van der Waals surface area contributed by atoms with Crippen LogP contribution in [0.15, 0.2) is 34.1 Å². The van der Waals surface area contributed by atoms with Crippen LogP contribution in [0.4, 0.5) is 0 Å². The Kier molecular flexibility index (Phi) is 7.08. The first-order chi connectivity index (χ1) is 8.69. The molecule has 1 aromatic rings.